The van der Waals surface area contributed by atoms with E-state index in [1.807, 2.05) is 20.8 Å². The van der Waals surface area contributed by atoms with Crippen LogP contribution in [0.1, 0.15) is 32.0 Å². The molecule has 0 aliphatic carbocycles. The number of rotatable bonds is 3. The van der Waals surface area contributed by atoms with Crippen molar-refractivity contribution in [1.82, 2.24) is 10.3 Å². The van der Waals surface area contributed by atoms with Gasteiger partial charge in [-0.1, -0.05) is 6.07 Å². The van der Waals surface area contributed by atoms with Gasteiger partial charge in [-0.3, -0.25) is 4.98 Å². The predicted molar refractivity (Wildman–Crippen MR) is 65.2 cm³/mol. The van der Waals surface area contributed by atoms with Gasteiger partial charge in [-0.25, -0.2) is 4.79 Å². The molecular formula is C12H17N3O2. The van der Waals surface area contributed by atoms with E-state index in [0.29, 0.717) is 6.54 Å². The highest BCUT2D eigenvalue weighted by atomic mass is 16.6. The SMILES string of the molecule is CC(C)(C)OC(=O)NCc1ccc(C=N)cn1. The van der Waals surface area contributed by atoms with E-state index < -0.39 is 11.7 Å². The Labute approximate surface area is 101 Å². The molecule has 0 bridgehead atoms. The molecule has 1 rings (SSSR count). The highest BCUT2D eigenvalue weighted by molar-refractivity contribution is 5.76. The van der Waals surface area contributed by atoms with Gasteiger partial charge in [-0.2, -0.15) is 0 Å². The summed E-state index contributed by atoms with van der Waals surface area (Å²) >= 11 is 0. The van der Waals surface area contributed by atoms with Crippen LogP contribution in [0.5, 0.6) is 0 Å². The Morgan fingerprint density at radius 1 is 1.53 bits per heavy atom. The summed E-state index contributed by atoms with van der Waals surface area (Å²) in [4.78, 5) is 15.5. The molecule has 17 heavy (non-hydrogen) atoms. The van der Waals surface area contributed by atoms with Crippen molar-refractivity contribution < 1.29 is 9.53 Å². The van der Waals surface area contributed by atoms with Crippen molar-refractivity contribution >= 4 is 12.3 Å². The molecule has 1 amide bonds. The predicted octanol–water partition coefficient (Wildman–Crippen LogP) is 2.10. The Balaban J connectivity index is 2.44. The van der Waals surface area contributed by atoms with Gasteiger partial charge >= 0.3 is 6.09 Å². The van der Waals surface area contributed by atoms with Crippen molar-refractivity contribution in [3.63, 3.8) is 0 Å². The maximum atomic E-state index is 11.4. The fourth-order valence-electron chi connectivity index (χ4n) is 1.10. The van der Waals surface area contributed by atoms with Gasteiger partial charge in [0.25, 0.3) is 0 Å². The second kappa shape index (κ2) is 5.43. The lowest BCUT2D eigenvalue weighted by Gasteiger charge is -2.19. The van der Waals surface area contributed by atoms with E-state index in [9.17, 15) is 4.79 Å². The van der Waals surface area contributed by atoms with E-state index in [0.717, 1.165) is 11.3 Å². The molecule has 0 saturated heterocycles. The molecule has 5 heteroatoms. The second-order valence-electron chi connectivity index (χ2n) is 4.58. The van der Waals surface area contributed by atoms with Crippen LogP contribution in [0.2, 0.25) is 0 Å². The summed E-state index contributed by atoms with van der Waals surface area (Å²) in [5.41, 5.74) is 0.953. The lowest BCUT2D eigenvalue weighted by molar-refractivity contribution is 0.0523. The number of hydrogen-bond acceptors (Lipinski definition) is 4. The number of pyridine rings is 1. The van der Waals surface area contributed by atoms with E-state index in [4.69, 9.17) is 10.1 Å². The van der Waals surface area contributed by atoms with Crippen LogP contribution in [0.4, 0.5) is 4.79 Å². The first kappa shape index (κ1) is 13.2. The third kappa shape index (κ3) is 5.10. The minimum atomic E-state index is -0.498. The van der Waals surface area contributed by atoms with Crippen LogP contribution < -0.4 is 5.32 Å². The lowest BCUT2D eigenvalue weighted by Crippen LogP contribution is -2.32. The molecule has 0 saturated carbocycles. The zero-order valence-electron chi connectivity index (χ0n) is 10.3. The maximum absolute atomic E-state index is 11.4. The van der Waals surface area contributed by atoms with Crippen LogP contribution in [0.3, 0.4) is 0 Å². The summed E-state index contributed by atoms with van der Waals surface area (Å²) in [6.07, 6.45) is 2.34. The van der Waals surface area contributed by atoms with E-state index >= 15 is 0 Å². The van der Waals surface area contributed by atoms with Crippen molar-refractivity contribution in [1.29, 1.82) is 5.41 Å². The molecule has 0 aliphatic rings. The normalized spacial score (nSPS) is 10.8. The summed E-state index contributed by atoms with van der Waals surface area (Å²) in [5, 5.41) is 9.64. The number of amides is 1. The number of carbonyl (C=O) groups excluding carboxylic acids is 1. The standard InChI is InChI=1S/C12H17N3O2/c1-12(2,3)17-11(16)15-8-10-5-4-9(6-13)7-14-10/h4-7,13H,8H2,1-3H3,(H,15,16). The molecule has 1 aromatic rings. The summed E-state index contributed by atoms with van der Waals surface area (Å²) in [5.74, 6) is 0. The number of carbonyl (C=O) groups is 1. The minimum absolute atomic E-state index is 0.313. The highest BCUT2D eigenvalue weighted by Gasteiger charge is 2.15. The van der Waals surface area contributed by atoms with E-state index in [1.54, 1.807) is 18.3 Å². The molecular weight excluding hydrogens is 218 g/mol. The van der Waals surface area contributed by atoms with Crippen LogP contribution in [0.15, 0.2) is 18.3 Å². The third-order valence-electron chi connectivity index (χ3n) is 1.83. The Hall–Kier alpha value is -1.91. The third-order valence-corrected chi connectivity index (χ3v) is 1.83. The highest BCUT2D eigenvalue weighted by Crippen LogP contribution is 2.06. The first-order chi connectivity index (χ1) is 7.90. The quantitative estimate of drug-likeness (QED) is 0.788. The average molecular weight is 235 g/mol. The molecule has 1 heterocycles. The molecule has 0 aliphatic heterocycles. The van der Waals surface area contributed by atoms with Gasteiger partial charge in [0, 0.05) is 18.0 Å². The second-order valence-corrected chi connectivity index (χ2v) is 4.58. The Kier molecular flexibility index (Phi) is 4.20. The zero-order chi connectivity index (χ0) is 12.9. The summed E-state index contributed by atoms with van der Waals surface area (Å²) in [6.45, 7) is 5.74. The topological polar surface area (TPSA) is 75.1 Å². The number of alkyl carbamates (subject to hydrolysis) is 1. The fourth-order valence-corrected chi connectivity index (χ4v) is 1.10. The number of hydrogen-bond donors (Lipinski definition) is 2. The Morgan fingerprint density at radius 2 is 2.24 bits per heavy atom. The Bertz CT molecular complexity index is 393. The maximum Gasteiger partial charge on any atom is 0.407 e. The first-order valence-electron chi connectivity index (χ1n) is 5.33. The molecule has 0 radical (unpaired) electrons. The van der Waals surface area contributed by atoms with Gasteiger partial charge in [-0.05, 0) is 26.8 Å². The van der Waals surface area contributed by atoms with Crippen LogP contribution in [-0.4, -0.2) is 22.9 Å². The van der Waals surface area contributed by atoms with Crippen LogP contribution in [-0.2, 0) is 11.3 Å². The van der Waals surface area contributed by atoms with Crippen LogP contribution >= 0.6 is 0 Å². The first-order valence-corrected chi connectivity index (χ1v) is 5.33. The smallest absolute Gasteiger partial charge is 0.407 e. The van der Waals surface area contributed by atoms with Crippen molar-refractivity contribution in [3.8, 4) is 0 Å². The van der Waals surface area contributed by atoms with Crippen molar-refractivity contribution in [2.45, 2.75) is 32.9 Å². The molecule has 0 aromatic carbocycles. The lowest BCUT2D eigenvalue weighted by atomic mass is 10.2. The van der Waals surface area contributed by atoms with Crippen LogP contribution in [0.25, 0.3) is 0 Å². The molecule has 0 unspecified atom stereocenters. The molecule has 92 valence electrons. The van der Waals surface area contributed by atoms with Crippen molar-refractivity contribution in [2.24, 2.45) is 0 Å². The van der Waals surface area contributed by atoms with E-state index in [1.165, 1.54) is 6.21 Å². The number of nitrogens with one attached hydrogen (secondary N) is 2. The van der Waals surface area contributed by atoms with E-state index in [-0.39, 0.29) is 0 Å². The van der Waals surface area contributed by atoms with Gasteiger partial charge in [0.05, 0.1) is 12.2 Å². The van der Waals surface area contributed by atoms with Gasteiger partial charge in [0.15, 0.2) is 0 Å². The van der Waals surface area contributed by atoms with Crippen LogP contribution in [0, 0.1) is 5.41 Å². The van der Waals surface area contributed by atoms with Gasteiger partial charge in [0.1, 0.15) is 5.60 Å². The van der Waals surface area contributed by atoms with E-state index in [2.05, 4.69) is 10.3 Å². The summed E-state index contributed by atoms with van der Waals surface area (Å²) in [6, 6.07) is 3.53. The summed E-state index contributed by atoms with van der Waals surface area (Å²) < 4.78 is 5.09. The van der Waals surface area contributed by atoms with Gasteiger partial charge in [0.2, 0.25) is 0 Å². The average Bonchev–Trinajstić information content (AvgIpc) is 2.25. The fraction of sp³-hybridized carbons (Fsp3) is 0.417. The van der Waals surface area contributed by atoms with Crippen molar-refractivity contribution in [2.75, 3.05) is 0 Å². The molecule has 2 N–H and O–H groups in total. The number of aromatic nitrogens is 1. The minimum Gasteiger partial charge on any atom is -0.444 e. The molecule has 0 atom stereocenters. The molecule has 5 nitrogen and oxygen atoms in total. The Morgan fingerprint density at radius 3 is 2.71 bits per heavy atom. The summed E-state index contributed by atoms with van der Waals surface area (Å²) in [7, 11) is 0. The zero-order valence-corrected chi connectivity index (χ0v) is 10.3. The molecule has 0 fully saturated rings. The molecule has 0 spiro atoms. The van der Waals surface area contributed by atoms with Crippen molar-refractivity contribution in [3.05, 3.63) is 29.6 Å². The van der Waals surface area contributed by atoms with Gasteiger partial charge in [-0.15, -0.1) is 0 Å². The largest absolute Gasteiger partial charge is 0.444 e. The number of nitrogens with zero attached hydrogens (tertiary/aromatic N) is 1. The molecule has 1 aromatic heterocycles. The van der Waals surface area contributed by atoms with Gasteiger partial charge < -0.3 is 15.5 Å². The number of ether oxygens (including phenoxy) is 1. The monoisotopic (exact) mass is 235 g/mol.